The van der Waals surface area contributed by atoms with Crippen molar-refractivity contribution in [3.8, 4) is 0 Å². The highest BCUT2D eigenvalue weighted by molar-refractivity contribution is 7.99. The quantitative estimate of drug-likeness (QED) is 0.667. The molecule has 0 saturated heterocycles. The van der Waals surface area contributed by atoms with Gasteiger partial charge in [-0.25, -0.2) is 4.79 Å². The molecule has 0 radical (unpaired) electrons. The maximum Gasteiger partial charge on any atom is 0.326 e. The zero-order chi connectivity index (χ0) is 12.0. The van der Waals surface area contributed by atoms with Gasteiger partial charge in [0.05, 0.1) is 0 Å². The Morgan fingerprint density at radius 3 is 2.62 bits per heavy atom. The molecule has 0 aromatic heterocycles. The largest absolute Gasteiger partial charge is 0.480 e. The number of amides is 1. The summed E-state index contributed by atoms with van der Waals surface area (Å²) >= 11 is 1.80. The van der Waals surface area contributed by atoms with Gasteiger partial charge >= 0.3 is 5.97 Å². The van der Waals surface area contributed by atoms with Crippen molar-refractivity contribution in [2.24, 2.45) is 5.92 Å². The summed E-state index contributed by atoms with van der Waals surface area (Å²) < 4.78 is 0. The minimum atomic E-state index is -0.945. The monoisotopic (exact) mass is 245 g/mol. The molecular formula is C11H19NO3S. The van der Waals surface area contributed by atoms with Gasteiger partial charge in [0.2, 0.25) is 5.91 Å². The summed E-state index contributed by atoms with van der Waals surface area (Å²) in [5.41, 5.74) is 0. The van der Waals surface area contributed by atoms with E-state index in [1.807, 2.05) is 0 Å². The predicted molar refractivity (Wildman–Crippen MR) is 64.5 cm³/mol. The summed E-state index contributed by atoms with van der Waals surface area (Å²) in [6.45, 7) is 1.34. The maximum absolute atomic E-state index is 10.8. The predicted octanol–water partition coefficient (Wildman–Crippen LogP) is 1.50. The number of hydrogen-bond donors (Lipinski definition) is 2. The fourth-order valence-corrected chi connectivity index (χ4v) is 2.85. The molecule has 0 aromatic carbocycles. The van der Waals surface area contributed by atoms with Gasteiger partial charge in [0.15, 0.2) is 0 Å². The van der Waals surface area contributed by atoms with Gasteiger partial charge in [-0.15, -0.1) is 0 Å². The molecule has 0 heterocycles. The lowest BCUT2D eigenvalue weighted by Gasteiger charge is -2.24. The van der Waals surface area contributed by atoms with Gasteiger partial charge in [-0.2, -0.15) is 11.8 Å². The fraction of sp³-hybridized carbons (Fsp3) is 0.818. The molecule has 1 amide bonds. The molecule has 5 heteroatoms. The summed E-state index contributed by atoms with van der Waals surface area (Å²) in [4.78, 5) is 21.6. The topological polar surface area (TPSA) is 66.4 Å². The van der Waals surface area contributed by atoms with Gasteiger partial charge in [0.25, 0.3) is 0 Å². The van der Waals surface area contributed by atoms with Crippen molar-refractivity contribution < 1.29 is 14.7 Å². The average molecular weight is 245 g/mol. The van der Waals surface area contributed by atoms with Crippen molar-refractivity contribution in [2.75, 3.05) is 11.5 Å². The lowest BCUT2D eigenvalue weighted by Crippen LogP contribution is -2.39. The normalized spacial score (nSPS) is 17.6. The Morgan fingerprint density at radius 1 is 1.50 bits per heavy atom. The van der Waals surface area contributed by atoms with E-state index in [1.165, 1.54) is 26.2 Å². The summed E-state index contributed by atoms with van der Waals surface area (Å²) in [5.74, 6) is 1.55. The molecule has 92 valence electrons. The summed E-state index contributed by atoms with van der Waals surface area (Å²) in [7, 11) is 0. The van der Waals surface area contributed by atoms with Crippen LogP contribution in [0.2, 0.25) is 0 Å². The van der Waals surface area contributed by atoms with E-state index in [-0.39, 0.29) is 5.91 Å². The molecule has 1 fully saturated rings. The Bertz CT molecular complexity index is 254. The van der Waals surface area contributed by atoms with E-state index in [1.54, 1.807) is 11.8 Å². The summed E-state index contributed by atoms with van der Waals surface area (Å²) in [6.07, 6.45) is 4.49. The number of carboxylic acids is 1. The van der Waals surface area contributed by atoms with Gasteiger partial charge in [0.1, 0.15) is 6.04 Å². The van der Waals surface area contributed by atoms with Crippen molar-refractivity contribution >= 4 is 23.6 Å². The first-order chi connectivity index (χ1) is 7.59. The lowest BCUT2D eigenvalue weighted by atomic mass is 9.87. The van der Waals surface area contributed by atoms with Crippen LogP contribution in [-0.4, -0.2) is 34.5 Å². The third kappa shape index (κ3) is 4.88. The number of carbonyl (C=O) groups excluding carboxylic acids is 1. The Kier molecular flexibility index (Phi) is 5.66. The molecule has 0 aromatic rings. The fourth-order valence-electron chi connectivity index (χ4n) is 1.61. The Labute approximate surface area is 100 Å². The van der Waals surface area contributed by atoms with Crippen molar-refractivity contribution in [1.82, 2.24) is 5.32 Å². The lowest BCUT2D eigenvalue weighted by molar-refractivity contribution is -0.141. The van der Waals surface area contributed by atoms with E-state index in [0.717, 1.165) is 17.4 Å². The second kappa shape index (κ2) is 6.78. The molecule has 1 atom stereocenters. The Balaban J connectivity index is 2.11. The van der Waals surface area contributed by atoms with Crippen LogP contribution < -0.4 is 5.32 Å². The molecule has 16 heavy (non-hydrogen) atoms. The molecule has 1 aliphatic rings. The number of rotatable bonds is 7. The molecule has 0 bridgehead atoms. The number of hydrogen-bond acceptors (Lipinski definition) is 3. The highest BCUT2D eigenvalue weighted by atomic mass is 32.2. The zero-order valence-electron chi connectivity index (χ0n) is 9.57. The molecule has 1 unspecified atom stereocenters. The number of nitrogens with one attached hydrogen (secondary N) is 1. The minimum absolute atomic E-state index is 0.281. The minimum Gasteiger partial charge on any atom is -0.480 e. The van der Waals surface area contributed by atoms with E-state index in [2.05, 4.69) is 5.32 Å². The van der Waals surface area contributed by atoms with Crippen LogP contribution in [0.1, 0.15) is 32.6 Å². The maximum atomic E-state index is 10.8. The summed E-state index contributed by atoms with van der Waals surface area (Å²) in [5, 5.41) is 11.3. The SMILES string of the molecule is CC(=O)NC(CCSCC1CCC1)C(=O)O. The van der Waals surface area contributed by atoms with Crippen LogP contribution in [0.25, 0.3) is 0 Å². The van der Waals surface area contributed by atoms with Gasteiger partial charge < -0.3 is 10.4 Å². The molecule has 1 saturated carbocycles. The average Bonchev–Trinajstić information content (AvgIpc) is 2.11. The van der Waals surface area contributed by atoms with Gasteiger partial charge in [-0.1, -0.05) is 6.42 Å². The van der Waals surface area contributed by atoms with E-state index < -0.39 is 12.0 Å². The molecule has 4 nitrogen and oxygen atoms in total. The number of carboxylic acid groups (broad SMARTS) is 1. The molecule has 2 N–H and O–H groups in total. The smallest absolute Gasteiger partial charge is 0.326 e. The van der Waals surface area contributed by atoms with Crippen LogP contribution in [-0.2, 0) is 9.59 Å². The Hall–Kier alpha value is -0.710. The van der Waals surface area contributed by atoms with Crippen LogP contribution in [0.4, 0.5) is 0 Å². The molecule has 0 spiro atoms. The Morgan fingerprint density at radius 2 is 2.19 bits per heavy atom. The van der Waals surface area contributed by atoms with Crippen molar-refractivity contribution in [3.63, 3.8) is 0 Å². The van der Waals surface area contributed by atoms with Crippen LogP contribution in [0.5, 0.6) is 0 Å². The number of aliphatic carboxylic acids is 1. The first-order valence-corrected chi connectivity index (χ1v) is 6.82. The van der Waals surface area contributed by atoms with Crippen LogP contribution in [0, 0.1) is 5.92 Å². The highest BCUT2D eigenvalue weighted by Crippen LogP contribution is 2.29. The van der Waals surface area contributed by atoms with Gasteiger partial charge in [-0.05, 0) is 36.7 Å². The number of carbonyl (C=O) groups is 2. The molecular weight excluding hydrogens is 226 g/mol. The highest BCUT2D eigenvalue weighted by Gasteiger charge is 2.19. The van der Waals surface area contributed by atoms with Crippen molar-refractivity contribution in [2.45, 2.75) is 38.6 Å². The van der Waals surface area contributed by atoms with Crippen molar-refractivity contribution in [1.29, 1.82) is 0 Å². The van der Waals surface area contributed by atoms with Crippen LogP contribution >= 0.6 is 11.8 Å². The molecule has 1 aliphatic carbocycles. The van der Waals surface area contributed by atoms with Gasteiger partial charge in [-0.3, -0.25) is 4.79 Å². The number of thioether (sulfide) groups is 1. The van der Waals surface area contributed by atoms with E-state index in [4.69, 9.17) is 5.11 Å². The van der Waals surface area contributed by atoms with Gasteiger partial charge in [0, 0.05) is 6.92 Å². The second-order valence-corrected chi connectivity index (χ2v) is 5.40. The van der Waals surface area contributed by atoms with E-state index >= 15 is 0 Å². The van der Waals surface area contributed by atoms with Crippen molar-refractivity contribution in [3.05, 3.63) is 0 Å². The van der Waals surface area contributed by atoms with Crippen LogP contribution in [0.3, 0.4) is 0 Å². The first-order valence-electron chi connectivity index (χ1n) is 5.67. The van der Waals surface area contributed by atoms with E-state index in [9.17, 15) is 9.59 Å². The third-order valence-electron chi connectivity index (χ3n) is 2.80. The second-order valence-electron chi connectivity index (χ2n) is 4.25. The standard InChI is InChI=1S/C11H19NO3S/c1-8(13)12-10(11(14)15)5-6-16-7-9-3-2-4-9/h9-10H,2-7H2,1H3,(H,12,13)(H,14,15). The zero-order valence-corrected chi connectivity index (χ0v) is 10.4. The molecule has 1 rings (SSSR count). The summed E-state index contributed by atoms with van der Waals surface area (Å²) in [6, 6.07) is -0.730. The third-order valence-corrected chi connectivity index (χ3v) is 4.04. The van der Waals surface area contributed by atoms with E-state index in [0.29, 0.717) is 6.42 Å². The first kappa shape index (κ1) is 13.4. The van der Waals surface area contributed by atoms with Crippen LogP contribution in [0.15, 0.2) is 0 Å². The molecule has 0 aliphatic heterocycles.